The maximum atomic E-state index is 13.5. The molecule has 0 aliphatic carbocycles. The zero-order valence-corrected chi connectivity index (χ0v) is 10.1. The summed E-state index contributed by atoms with van der Waals surface area (Å²) in [7, 11) is 0. The second-order valence-electron chi connectivity index (χ2n) is 4.18. The van der Waals surface area contributed by atoms with Crippen LogP contribution >= 0.6 is 15.9 Å². The normalized spacial score (nSPS) is 18.2. The molecular weight excluding hydrogens is 282 g/mol. The first-order chi connectivity index (χ1) is 7.56. The highest BCUT2D eigenvalue weighted by Crippen LogP contribution is 2.33. The predicted molar refractivity (Wildman–Crippen MR) is 58.1 cm³/mol. The maximum absolute atomic E-state index is 13.5. The van der Waals surface area contributed by atoms with Crippen molar-refractivity contribution in [3.63, 3.8) is 0 Å². The van der Waals surface area contributed by atoms with E-state index in [-0.39, 0.29) is 18.6 Å². The number of rotatable bonds is 3. The van der Waals surface area contributed by atoms with E-state index in [0.717, 1.165) is 0 Å². The summed E-state index contributed by atoms with van der Waals surface area (Å²) in [4.78, 5) is 0. The molecule has 16 heavy (non-hydrogen) atoms. The Morgan fingerprint density at radius 2 is 1.88 bits per heavy atom. The highest BCUT2D eigenvalue weighted by Gasteiger charge is 2.39. The Bertz CT molecular complexity index is 376. The van der Waals surface area contributed by atoms with Crippen LogP contribution in [-0.4, -0.2) is 24.9 Å². The van der Waals surface area contributed by atoms with E-state index in [4.69, 9.17) is 4.74 Å². The van der Waals surface area contributed by atoms with E-state index < -0.39 is 17.0 Å². The summed E-state index contributed by atoms with van der Waals surface area (Å²) >= 11 is 3.02. The van der Waals surface area contributed by atoms with Gasteiger partial charge in [0, 0.05) is 15.5 Å². The Morgan fingerprint density at radius 1 is 1.31 bits per heavy atom. The largest absolute Gasteiger partial charge is 0.396 e. The van der Waals surface area contributed by atoms with Crippen molar-refractivity contribution in [3.8, 4) is 0 Å². The highest BCUT2D eigenvalue weighted by molar-refractivity contribution is 9.10. The van der Waals surface area contributed by atoms with E-state index in [1.165, 1.54) is 12.1 Å². The molecule has 5 heteroatoms. The van der Waals surface area contributed by atoms with E-state index in [1.54, 1.807) is 0 Å². The van der Waals surface area contributed by atoms with Crippen LogP contribution in [0.4, 0.5) is 8.78 Å². The molecule has 1 N–H and O–H groups in total. The number of ether oxygens (including phenoxy) is 1. The molecule has 1 aromatic rings. The lowest BCUT2D eigenvalue weighted by atomic mass is 9.80. The smallest absolute Gasteiger partial charge is 0.130 e. The van der Waals surface area contributed by atoms with Crippen molar-refractivity contribution in [1.29, 1.82) is 0 Å². The van der Waals surface area contributed by atoms with Crippen LogP contribution in [0.15, 0.2) is 16.6 Å². The molecule has 0 aromatic heterocycles. The molecule has 1 saturated heterocycles. The summed E-state index contributed by atoms with van der Waals surface area (Å²) in [5.74, 6) is -1.18. The summed E-state index contributed by atoms with van der Waals surface area (Å²) in [6, 6.07) is 2.45. The summed E-state index contributed by atoms with van der Waals surface area (Å²) in [6.45, 7) is 0.568. The van der Waals surface area contributed by atoms with Crippen LogP contribution < -0.4 is 0 Å². The maximum Gasteiger partial charge on any atom is 0.130 e. The molecule has 0 bridgehead atoms. The average molecular weight is 293 g/mol. The second kappa shape index (κ2) is 4.39. The molecule has 0 radical (unpaired) electrons. The third-order valence-corrected chi connectivity index (χ3v) is 3.27. The van der Waals surface area contributed by atoms with Crippen molar-refractivity contribution in [1.82, 2.24) is 0 Å². The summed E-state index contributed by atoms with van der Waals surface area (Å²) in [6.07, 6.45) is 0.161. The molecule has 0 unspecified atom stereocenters. The van der Waals surface area contributed by atoms with Crippen molar-refractivity contribution >= 4 is 15.9 Å². The molecule has 1 aliphatic rings. The summed E-state index contributed by atoms with van der Waals surface area (Å²) < 4.78 is 32.5. The van der Waals surface area contributed by atoms with Crippen molar-refractivity contribution < 1.29 is 18.6 Å². The van der Waals surface area contributed by atoms with Gasteiger partial charge in [0.25, 0.3) is 0 Å². The van der Waals surface area contributed by atoms with Crippen molar-refractivity contribution in [2.45, 2.75) is 6.42 Å². The lowest BCUT2D eigenvalue weighted by Crippen LogP contribution is -2.47. The molecule has 1 aliphatic heterocycles. The van der Waals surface area contributed by atoms with Gasteiger partial charge < -0.3 is 9.84 Å². The number of halogens is 3. The van der Waals surface area contributed by atoms with Crippen molar-refractivity contribution in [2.75, 3.05) is 19.8 Å². The molecule has 2 nitrogen and oxygen atoms in total. The lowest BCUT2D eigenvalue weighted by Gasteiger charge is -2.40. The standard InChI is InChI=1S/C11H11BrF2O2/c12-7-1-9(13)8(10(14)2-7)3-11(4-15)5-16-6-11/h1-2,15H,3-6H2. The molecule has 1 heterocycles. The van der Waals surface area contributed by atoms with Gasteiger partial charge in [0.2, 0.25) is 0 Å². The van der Waals surface area contributed by atoms with E-state index in [2.05, 4.69) is 15.9 Å². The van der Waals surface area contributed by atoms with E-state index in [1.807, 2.05) is 0 Å². The fourth-order valence-electron chi connectivity index (χ4n) is 1.76. The first-order valence-electron chi connectivity index (χ1n) is 4.88. The SMILES string of the molecule is OCC1(Cc2c(F)cc(Br)cc2F)COC1. The molecule has 1 fully saturated rings. The van der Waals surface area contributed by atoms with Gasteiger partial charge in [0.1, 0.15) is 11.6 Å². The van der Waals surface area contributed by atoms with Crippen LogP contribution in [0.5, 0.6) is 0 Å². The highest BCUT2D eigenvalue weighted by atomic mass is 79.9. The van der Waals surface area contributed by atoms with Crippen LogP contribution in [0, 0.1) is 17.0 Å². The van der Waals surface area contributed by atoms with E-state index in [0.29, 0.717) is 17.7 Å². The van der Waals surface area contributed by atoms with Gasteiger partial charge in [-0.25, -0.2) is 8.78 Å². The molecular formula is C11H11BrF2O2. The van der Waals surface area contributed by atoms with Gasteiger partial charge in [-0.15, -0.1) is 0 Å². The van der Waals surface area contributed by atoms with Crippen molar-refractivity contribution in [3.05, 3.63) is 33.8 Å². The molecule has 2 rings (SSSR count). The summed E-state index contributed by atoms with van der Waals surface area (Å²) in [5, 5.41) is 9.20. The molecule has 0 amide bonds. The van der Waals surface area contributed by atoms with Crippen LogP contribution in [0.1, 0.15) is 5.56 Å². The fourth-order valence-corrected chi connectivity index (χ4v) is 2.16. The fraction of sp³-hybridized carbons (Fsp3) is 0.455. The quantitative estimate of drug-likeness (QED) is 0.926. The van der Waals surface area contributed by atoms with Gasteiger partial charge in [-0.3, -0.25) is 0 Å². The van der Waals surface area contributed by atoms with E-state index in [9.17, 15) is 13.9 Å². The summed E-state index contributed by atoms with van der Waals surface area (Å²) in [5.41, 5.74) is -0.504. The number of benzene rings is 1. The Hall–Kier alpha value is -0.520. The van der Waals surface area contributed by atoms with Crippen molar-refractivity contribution in [2.24, 2.45) is 5.41 Å². The zero-order valence-electron chi connectivity index (χ0n) is 8.47. The van der Waals surface area contributed by atoms with E-state index >= 15 is 0 Å². The van der Waals surface area contributed by atoms with Crippen LogP contribution in [0.2, 0.25) is 0 Å². The van der Waals surface area contributed by atoms with Gasteiger partial charge in [0.15, 0.2) is 0 Å². The first-order valence-corrected chi connectivity index (χ1v) is 5.68. The number of hydrogen-bond donors (Lipinski definition) is 1. The van der Waals surface area contributed by atoms with Gasteiger partial charge in [-0.1, -0.05) is 15.9 Å². The number of aliphatic hydroxyl groups excluding tert-OH is 1. The Kier molecular flexibility index (Phi) is 3.28. The zero-order chi connectivity index (χ0) is 11.8. The topological polar surface area (TPSA) is 29.5 Å². The molecule has 0 saturated carbocycles. The minimum absolute atomic E-state index is 0.0144. The van der Waals surface area contributed by atoms with Gasteiger partial charge >= 0.3 is 0 Å². The Balaban J connectivity index is 2.27. The lowest BCUT2D eigenvalue weighted by molar-refractivity contribution is -0.136. The second-order valence-corrected chi connectivity index (χ2v) is 5.09. The Morgan fingerprint density at radius 3 is 2.25 bits per heavy atom. The first kappa shape index (κ1) is 12.0. The van der Waals surface area contributed by atoms with Crippen LogP contribution in [-0.2, 0) is 11.2 Å². The van der Waals surface area contributed by atoms with Crippen LogP contribution in [0.3, 0.4) is 0 Å². The number of hydrogen-bond acceptors (Lipinski definition) is 2. The van der Waals surface area contributed by atoms with Gasteiger partial charge in [-0.2, -0.15) is 0 Å². The van der Waals surface area contributed by atoms with Gasteiger partial charge in [-0.05, 0) is 18.6 Å². The molecule has 88 valence electrons. The Labute approximate surface area is 100 Å². The van der Waals surface area contributed by atoms with Gasteiger partial charge in [0.05, 0.1) is 19.8 Å². The molecule has 0 atom stereocenters. The van der Waals surface area contributed by atoms with Crippen LogP contribution in [0.25, 0.3) is 0 Å². The minimum atomic E-state index is -0.591. The molecule has 1 aromatic carbocycles. The number of aliphatic hydroxyl groups is 1. The monoisotopic (exact) mass is 292 g/mol. The third kappa shape index (κ3) is 2.12. The molecule has 0 spiro atoms. The minimum Gasteiger partial charge on any atom is -0.396 e. The predicted octanol–water partition coefficient (Wildman–Crippen LogP) is 2.28. The third-order valence-electron chi connectivity index (χ3n) is 2.81. The average Bonchev–Trinajstić information content (AvgIpc) is 2.14.